The summed E-state index contributed by atoms with van der Waals surface area (Å²) in [5, 5.41) is 0.891. The molecule has 9 heteroatoms. The number of ether oxygens (including phenoxy) is 4. The molecule has 2 aromatic carbocycles. The number of allylic oxidation sites excluding steroid dienone is 2. The number of Topliss-reactive ketones (excluding diaryl/α,β-unsaturated/α-hetero) is 1. The first-order valence-corrected chi connectivity index (χ1v) is 12.7. The second-order valence-corrected chi connectivity index (χ2v) is 10.5. The Hall–Kier alpha value is -3.16. The molecule has 0 fully saturated rings. The first kappa shape index (κ1) is 26.9. The summed E-state index contributed by atoms with van der Waals surface area (Å²) in [7, 11) is 1.51. The molecule has 37 heavy (non-hydrogen) atoms. The van der Waals surface area contributed by atoms with Gasteiger partial charge in [0.05, 0.1) is 19.6 Å². The molecule has 2 aromatic rings. The summed E-state index contributed by atoms with van der Waals surface area (Å²) in [6.07, 6.45) is 0.772. The number of para-hydroxylation sites is 1. The third kappa shape index (κ3) is 5.29. The quantitative estimate of drug-likeness (QED) is 0.421. The summed E-state index contributed by atoms with van der Waals surface area (Å²) in [4.78, 5) is 26.7. The molecule has 4 rings (SSSR count). The number of esters is 1. The van der Waals surface area contributed by atoms with Crippen molar-refractivity contribution in [3.63, 3.8) is 0 Å². The molecule has 2 N–H and O–H groups in total. The van der Waals surface area contributed by atoms with Crippen molar-refractivity contribution in [3.8, 4) is 11.5 Å². The predicted molar refractivity (Wildman–Crippen MR) is 141 cm³/mol. The van der Waals surface area contributed by atoms with Gasteiger partial charge in [0, 0.05) is 39.6 Å². The highest BCUT2D eigenvalue weighted by molar-refractivity contribution is 6.35. The average Bonchev–Trinajstić information content (AvgIpc) is 2.82. The van der Waals surface area contributed by atoms with Crippen LogP contribution in [0.5, 0.6) is 11.5 Å². The normalized spacial score (nSPS) is 18.8. The number of benzene rings is 2. The van der Waals surface area contributed by atoms with Crippen LogP contribution < -0.4 is 15.2 Å². The van der Waals surface area contributed by atoms with E-state index in [9.17, 15) is 9.59 Å². The van der Waals surface area contributed by atoms with Crippen LogP contribution in [-0.2, 0) is 25.7 Å². The summed E-state index contributed by atoms with van der Waals surface area (Å²) in [5.41, 5.74) is 7.50. The molecule has 0 amide bonds. The van der Waals surface area contributed by atoms with Gasteiger partial charge in [-0.15, -0.1) is 0 Å². The van der Waals surface area contributed by atoms with E-state index in [1.54, 1.807) is 43.3 Å². The molecule has 1 unspecified atom stereocenters. The lowest BCUT2D eigenvalue weighted by Crippen LogP contribution is -2.36. The maximum atomic E-state index is 13.5. The van der Waals surface area contributed by atoms with Gasteiger partial charge in [-0.25, -0.2) is 4.79 Å². The largest absolute Gasteiger partial charge is 0.493 e. The van der Waals surface area contributed by atoms with Crippen molar-refractivity contribution >= 4 is 35.0 Å². The minimum atomic E-state index is -0.877. The molecular formula is C28H29Cl2NO6. The van der Waals surface area contributed by atoms with Gasteiger partial charge in [0.1, 0.15) is 17.9 Å². The van der Waals surface area contributed by atoms with Crippen LogP contribution in [0.15, 0.2) is 59.2 Å². The maximum absolute atomic E-state index is 13.5. The van der Waals surface area contributed by atoms with Gasteiger partial charge in [-0.05, 0) is 30.5 Å². The van der Waals surface area contributed by atoms with Crippen LogP contribution in [-0.4, -0.2) is 25.5 Å². The van der Waals surface area contributed by atoms with Gasteiger partial charge >= 0.3 is 5.97 Å². The number of nitrogens with two attached hydrogens (primary N) is 1. The number of carbonyl (C=O) groups is 2. The van der Waals surface area contributed by atoms with Crippen LogP contribution in [0.3, 0.4) is 0 Å². The molecule has 2 aliphatic rings. The molecule has 7 nitrogen and oxygen atoms in total. The van der Waals surface area contributed by atoms with E-state index in [1.807, 2.05) is 13.8 Å². The SMILES string of the molecule is CCOC(=O)C1=C(N)OC2=C(C(=O)CC(C)(C)C2)C1c1cccc(OC)c1OCc1c(Cl)cccc1Cl. The minimum Gasteiger partial charge on any atom is -0.493 e. The van der Waals surface area contributed by atoms with Gasteiger partial charge in [-0.3, -0.25) is 4.79 Å². The van der Waals surface area contributed by atoms with E-state index >= 15 is 0 Å². The summed E-state index contributed by atoms with van der Waals surface area (Å²) in [6.45, 7) is 5.82. The maximum Gasteiger partial charge on any atom is 0.340 e. The molecule has 1 heterocycles. The number of hydrogen-bond acceptors (Lipinski definition) is 7. The summed E-state index contributed by atoms with van der Waals surface area (Å²) >= 11 is 12.7. The smallest absolute Gasteiger partial charge is 0.340 e. The minimum absolute atomic E-state index is 0.0237. The van der Waals surface area contributed by atoms with Crippen LogP contribution in [0.2, 0.25) is 10.0 Å². The number of halogens is 2. The molecule has 0 bridgehead atoms. The van der Waals surface area contributed by atoms with Crippen molar-refractivity contribution in [1.29, 1.82) is 0 Å². The van der Waals surface area contributed by atoms with E-state index in [0.717, 1.165) is 0 Å². The Morgan fingerprint density at radius 3 is 2.46 bits per heavy atom. The predicted octanol–water partition coefficient (Wildman–Crippen LogP) is 6.07. The molecular weight excluding hydrogens is 517 g/mol. The lowest BCUT2D eigenvalue weighted by Gasteiger charge is -2.38. The Labute approximate surface area is 226 Å². The van der Waals surface area contributed by atoms with E-state index in [2.05, 4.69) is 0 Å². The van der Waals surface area contributed by atoms with Gasteiger partial charge in [0.2, 0.25) is 5.88 Å². The summed E-state index contributed by atoms with van der Waals surface area (Å²) in [6, 6.07) is 10.4. The van der Waals surface area contributed by atoms with E-state index in [1.165, 1.54) is 7.11 Å². The topological polar surface area (TPSA) is 97.1 Å². The van der Waals surface area contributed by atoms with Crippen LogP contribution in [0.4, 0.5) is 0 Å². The number of rotatable bonds is 7. The summed E-state index contributed by atoms with van der Waals surface area (Å²) < 4.78 is 23.1. The number of methoxy groups -OCH3 is 1. The van der Waals surface area contributed by atoms with Crippen molar-refractivity contribution in [2.45, 2.75) is 46.1 Å². The number of carbonyl (C=O) groups excluding carboxylic acids is 2. The molecule has 1 atom stereocenters. The van der Waals surface area contributed by atoms with Crippen molar-refractivity contribution in [3.05, 3.63) is 80.4 Å². The van der Waals surface area contributed by atoms with E-state index < -0.39 is 11.9 Å². The molecule has 0 aromatic heterocycles. The fourth-order valence-corrected chi connectivity index (χ4v) is 5.30. The second kappa shape index (κ2) is 10.7. The third-order valence-corrected chi connectivity index (χ3v) is 7.12. The Kier molecular flexibility index (Phi) is 7.76. The first-order chi connectivity index (χ1) is 17.6. The zero-order chi connectivity index (χ0) is 26.9. The van der Waals surface area contributed by atoms with Crippen molar-refractivity contribution in [2.75, 3.05) is 13.7 Å². The zero-order valence-electron chi connectivity index (χ0n) is 21.2. The zero-order valence-corrected chi connectivity index (χ0v) is 22.7. The Bertz CT molecular complexity index is 1290. The Morgan fingerprint density at radius 2 is 1.81 bits per heavy atom. The molecule has 1 aliphatic heterocycles. The van der Waals surface area contributed by atoms with Crippen molar-refractivity contribution < 1.29 is 28.5 Å². The molecule has 196 valence electrons. The molecule has 0 spiro atoms. The molecule has 0 saturated heterocycles. The highest BCUT2D eigenvalue weighted by Crippen LogP contribution is 2.51. The molecule has 0 saturated carbocycles. The standard InChI is InChI=1S/C28H29Cl2NO6/c1-5-35-27(33)24-22(23-19(32)12-28(2,3)13-21(23)37-26(24)31)15-8-6-11-20(34-4)25(15)36-14-16-17(29)9-7-10-18(16)30/h6-11,22H,5,12-14,31H2,1-4H3. The molecule has 1 aliphatic carbocycles. The monoisotopic (exact) mass is 545 g/mol. The van der Waals surface area contributed by atoms with Gasteiger partial charge < -0.3 is 24.7 Å². The highest BCUT2D eigenvalue weighted by atomic mass is 35.5. The summed E-state index contributed by atoms with van der Waals surface area (Å²) in [5.74, 6) is -0.606. The van der Waals surface area contributed by atoms with E-state index in [0.29, 0.717) is 50.4 Å². The number of hydrogen-bond donors (Lipinski definition) is 1. The average molecular weight is 546 g/mol. The molecule has 0 radical (unpaired) electrons. The van der Waals surface area contributed by atoms with Gasteiger partial charge in [-0.2, -0.15) is 0 Å². The lowest BCUT2D eigenvalue weighted by molar-refractivity contribution is -0.139. The second-order valence-electron chi connectivity index (χ2n) is 9.68. The van der Waals surface area contributed by atoms with Crippen LogP contribution in [0.1, 0.15) is 50.7 Å². The Morgan fingerprint density at radius 1 is 1.14 bits per heavy atom. The van der Waals surface area contributed by atoms with E-state index in [-0.39, 0.29) is 42.3 Å². The highest BCUT2D eigenvalue weighted by Gasteiger charge is 2.46. The van der Waals surface area contributed by atoms with Gasteiger partial charge in [0.15, 0.2) is 17.3 Å². The van der Waals surface area contributed by atoms with Crippen LogP contribution in [0.25, 0.3) is 0 Å². The fraction of sp³-hybridized carbons (Fsp3) is 0.357. The van der Waals surface area contributed by atoms with Gasteiger partial charge in [-0.1, -0.05) is 55.2 Å². The number of ketones is 1. The van der Waals surface area contributed by atoms with Crippen LogP contribution >= 0.6 is 23.2 Å². The van der Waals surface area contributed by atoms with Crippen molar-refractivity contribution in [1.82, 2.24) is 0 Å². The first-order valence-electron chi connectivity index (χ1n) is 11.9. The fourth-order valence-electron chi connectivity index (χ4n) is 4.79. The van der Waals surface area contributed by atoms with E-state index in [4.69, 9.17) is 47.9 Å². The Balaban J connectivity index is 1.89. The lowest BCUT2D eigenvalue weighted by atomic mass is 9.70. The van der Waals surface area contributed by atoms with Gasteiger partial charge in [0.25, 0.3) is 0 Å². The third-order valence-electron chi connectivity index (χ3n) is 6.41. The van der Waals surface area contributed by atoms with Crippen LogP contribution in [0, 0.1) is 5.41 Å². The van der Waals surface area contributed by atoms with Crippen molar-refractivity contribution in [2.24, 2.45) is 11.1 Å².